The minimum absolute atomic E-state index is 0.0139. The first-order chi connectivity index (χ1) is 18.4. The molecular weight excluding hydrogens is 499 g/mol. The van der Waals surface area contributed by atoms with Crippen molar-refractivity contribution in [1.82, 2.24) is 4.90 Å². The normalized spacial score (nSPS) is 15.7. The molecule has 0 bridgehead atoms. The van der Waals surface area contributed by atoms with Crippen LogP contribution in [0.3, 0.4) is 0 Å². The molecule has 0 aromatic heterocycles. The molecule has 9 heteroatoms. The molecule has 6 nitrogen and oxygen atoms in total. The largest absolute Gasteiger partial charge is 0.444 e. The number of halogens is 2. The van der Waals surface area contributed by atoms with Crippen LogP contribution in [-0.2, 0) is 4.74 Å². The lowest BCUT2D eigenvalue weighted by molar-refractivity contribution is 0.0270. The minimum atomic E-state index is -0.665. The Bertz CT molecular complexity index is 1410. The van der Waals surface area contributed by atoms with E-state index in [1.54, 1.807) is 44.7 Å². The van der Waals surface area contributed by atoms with Gasteiger partial charge in [0.15, 0.2) is 0 Å². The van der Waals surface area contributed by atoms with E-state index in [2.05, 4.69) is 11.3 Å². The number of hydrogen-bond acceptors (Lipinski definition) is 4. The second kappa shape index (κ2) is 11.4. The van der Waals surface area contributed by atoms with Gasteiger partial charge in [0.05, 0.1) is 5.56 Å². The van der Waals surface area contributed by atoms with Crippen LogP contribution in [-0.4, -0.2) is 42.3 Å². The van der Waals surface area contributed by atoms with Crippen molar-refractivity contribution in [3.8, 4) is 5.97 Å². The summed E-state index contributed by atoms with van der Waals surface area (Å²) in [5.74, 6) is 0.419. The van der Waals surface area contributed by atoms with Gasteiger partial charge >= 0.3 is 6.09 Å². The van der Waals surface area contributed by atoms with Crippen LogP contribution < -0.4 is 5.32 Å². The molecule has 0 saturated carbocycles. The van der Waals surface area contributed by atoms with Crippen molar-refractivity contribution in [2.75, 3.05) is 18.4 Å². The van der Waals surface area contributed by atoms with Gasteiger partial charge in [-0.3, -0.25) is 4.79 Å². The van der Waals surface area contributed by atoms with Crippen LogP contribution in [0.5, 0.6) is 0 Å². The maximum Gasteiger partial charge on any atom is 0.410 e. The number of allylic oxidation sites excluding steroid dienone is 2. The van der Waals surface area contributed by atoms with Crippen molar-refractivity contribution in [3.05, 3.63) is 76.4 Å². The first kappa shape index (κ1) is 28.1. The van der Waals surface area contributed by atoms with Crippen LogP contribution in [0.25, 0.3) is 11.1 Å². The molecule has 2 heterocycles. The molecule has 2 aliphatic rings. The maximum atomic E-state index is 15.1. The highest BCUT2D eigenvalue weighted by molar-refractivity contribution is 6.67. The third-order valence-electron chi connectivity index (χ3n) is 6.95. The zero-order chi connectivity index (χ0) is 28.3. The molecule has 2 aromatic carbocycles. The average Bonchev–Trinajstić information content (AvgIpc) is 2.89. The number of ether oxygens (including phenoxy) is 1. The molecule has 0 radical (unpaired) electrons. The smallest absolute Gasteiger partial charge is 0.410 e. The minimum Gasteiger partial charge on any atom is -0.444 e. The maximum absolute atomic E-state index is 15.1. The third kappa shape index (κ3) is 6.75. The first-order valence-electron chi connectivity index (χ1n) is 13.1. The van der Waals surface area contributed by atoms with E-state index in [0.717, 1.165) is 17.5 Å². The topological polar surface area (TPSA) is 82.4 Å². The molecule has 0 spiro atoms. The van der Waals surface area contributed by atoms with Gasteiger partial charge in [-0.2, -0.15) is 0 Å². The van der Waals surface area contributed by atoms with Gasteiger partial charge in [0.1, 0.15) is 17.2 Å². The van der Waals surface area contributed by atoms with Crippen LogP contribution in [0.2, 0.25) is 12.6 Å². The number of hydrogen-bond donors (Lipinski definition) is 1. The molecule has 202 valence electrons. The summed E-state index contributed by atoms with van der Waals surface area (Å²) in [6, 6.07) is 7.36. The number of carbonyl (C=O) groups is 2. The lowest BCUT2D eigenvalue weighted by Gasteiger charge is -2.29. The van der Waals surface area contributed by atoms with Crippen molar-refractivity contribution in [1.29, 1.82) is 5.26 Å². The van der Waals surface area contributed by atoms with Crippen molar-refractivity contribution < 1.29 is 23.1 Å². The van der Waals surface area contributed by atoms with Gasteiger partial charge in [0, 0.05) is 30.3 Å². The Labute approximate surface area is 228 Å². The van der Waals surface area contributed by atoms with Crippen LogP contribution in [0.1, 0.15) is 60.7 Å². The summed E-state index contributed by atoms with van der Waals surface area (Å²) in [6.07, 6.45) is 5.87. The number of amides is 2. The molecular formula is C30H32BF2N3O3. The molecule has 2 aromatic rings. The highest BCUT2D eigenvalue weighted by Gasteiger charge is 2.25. The van der Waals surface area contributed by atoms with Crippen molar-refractivity contribution in [2.24, 2.45) is 0 Å². The van der Waals surface area contributed by atoms with Crippen molar-refractivity contribution >= 4 is 35.5 Å². The quantitative estimate of drug-likeness (QED) is 0.436. The van der Waals surface area contributed by atoms with Crippen LogP contribution in [0, 0.1) is 29.8 Å². The van der Waals surface area contributed by atoms with Crippen LogP contribution in [0.4, 0.5) is 19.3 Å². The Morgan fingerprint density at radius 3 is 2.44 bits per heavy atom. The summed E-state index contributed by atoms with van der Waals surface area (Å²) in [6.45, 7) is 7.87. The summed E-state index contributed by atoms with van der Waals surface area (Å²) >= 11 is 0. The highest BCUT2D eigenvalue weighted by atomic mass is 19.1. The fraction of sp³-hybridized carbons (Fsp3) is 0.367. The lowest BCUT2D eigenvalue weighted by atomic mass is 9.43. The van der Waals surface area contributed by atoms with Crippen molar-refractivity contribution in [3.63, 3.8) is 0 Å². The van der Waals surface area contributed by atoms with Crippen LogP contribution in [0.15, 0.2) is 42.5 Å². The number of nitrogens with one attached hydrogen (secondary N) is 1. The number of carbonyl (C=O) groups excluding carboxylic acids is 2. The Hall–Kier alpha value is -3.93. The van der Waals surface area contributed by atoms with E-state index < -0.39 is 29.2 Å². The molecule has 0 saturated heterocycles. The molecule has 2 aliphatic heterocycles. The number of benzene rings is 2. The molecule has 2 amide bonds. The number of rotatable bonds is 4. The molecule has 1 N–H and O–H groups in total. The van der Waals surface area contributed by atoms with Gasteiger partial charge in [-0.15, -0.1) is 0 Å². The number of aryl methyl sites for hydroxylation is 1. The first-order valence-corrected chi connectivity index (χ1v) is 13.1. The van der Waals surface area contributed by atoms with E-state index in [9.17, 15) is 14.0 Å². The standard InChI is InChI=1S/C30H32BF2N3O3/c1-19-15-24(21-9-13-36(14-10-21)29(38)39-30(2,3)4)26(33)17-27(19)35-28(37)23-6-5-22(16-25(23)32)20-7-11-31(18-34)12-8-20/h5-7,9,15-17H,8,10-14H2,1-4H3,(H,35,37). The second-order valence-electron chi connectivity index (χ2n) is 11.0. The Morgan fingerprint density at radius 2 is 1.85 bits per heavy atom. The third-order valence-corrected chi connectivity index (χ3v) is 6.95. The number of nitrogens with zero attached hydrogens (tertiary/aromatic N) is 2. The molecule has 0 fully saturated rings. The summed E-state index contributed by atoms with van der Waals surface area (Å²) in [7, 11) is 0. The zero-order valence-corrected chi connectivity index (χ0v) is 22.7. The molecule has 0 atom stereocenters. The van der Waals surface area contributed by atoms with Crippen molar-refractivity contribution in [2.45, 2.75) is 58.8 Å². The fourth-order valence-electron chi connectivity index (χ4n) is 4.77. The van der Waals surface area contributed by atoms with Gasteiger partial charge in [-0.05, 0) is 93.4 Å². The predicted octanol–water partition coefficient (Wildman–Crippen LogP) is 6.89. The SMILES string of the molecule is Cc1cc(C2=CCN(C(=O)OC(C)(C)C)CC2)c(F)cc1NC(=O)c1ccc(C2=CCB(C#N)CC2)cc1F. The summed E-state index contributed by atoms with van der Waals surface area (Å²) in [4.78, 5) is 26.7. The molecule has 0 aliphatic carbocycles. The lowest BCUT2D eigenvalue weighted by Crippen LogP contribution is -2.39. The van der Waals surface area contributed by atoms with E-state index in [0.29, 0.717) is 48.9 Å². The number of anilines is 1. The van der Waals surface area contributed by atoms with Gasteiger partial charge in [-0.25, -0.2) is 18.8 Å². The second-order valence-corrected chi connectivity index (χ2v) is 11.0. The van der Waals surface area contributed by atoms with E-state index in [4.69, 9.17) is 10.00 Å². The molecule has 4 rings (SSSR count). The zero-order valence-electron chi connectivity index (χ0n) is 22.7. The summed E-state index contributed by atoms with van der Waals surface area (Å²) in [5, 5.41) is 11.7. The van der Waals surface area contributed by atoms with E-state index in [1.807, 2.05) is 12.2 Å². The van der Waals surface area contributed by atoms with E-state index >= 15 is 4.39 Å². The summed E-state index contributed by atoms with van der Waals surface area (Å²) in [5.41, 5.74) is 3.00. The van der Waals surface area contributed by atoms with Gasteiger partial charge in [-0.1, -0.05) is 24.5 Å². The fourth-order valence-corrected chi connectivity index (χ4v) is 4.77. The average molecular weight is 531 g/mol. The van der Waals surface area contributed by atoms with Gasteiger partial charge < -0.3 is 15.0 Å². The highest BCUT2D eigenvalue weighted by Crippen LogP contribution is 2.31. The molecule has 0 unspecified atom stereocenters. The predicted molar refractivity (Wildman–Crippen MR) is 149 cm³/mol. The Balaban J connectivity index is 1.45. The van der Waals surface area contributed by atoms with E-state index in [1.165, 1.54) is 18.2 Å². The summed E-state index contributed by atoms with van der Waals surface area (Å²) < 4.78 is 35.5. The number of nitriles is 1. The van der Waals surface area contributed by atoms with Gasteiger partial charge in [0.2, 0.25) is 0 Å². The monoisotopic (exact) mass is 531 g/mol. The van der Waals surface area contributed by atoms with Gasteiger partial charge in [0.25, 0.3) is 12.6 Å². The Kier molecular flexibility index (Phi) is 8.24. The van der Waals surface area contributed by atoms with E-state index in [-0.39, 0.29) is 18.0 Å². The molecule has 39 heavy (non-hydrogen) atoms. The Morgan fingerprint density at radius 1 is 1.08 bits per heavy atom. The van der Waals surface area contributed by atoms with Crippen LogP contribution >= 0.6 is 0 Å².